The minimum Gasteiger partial charge on any atom is -0.497 e. The molecule has 2 aromatic rings. The zero-order valence-corrected chi connectivity index (χ0v) is 19.2. The maximum atomic E-state index is 13.1. The van der Waals surface area contributed by atoms with Gasteiger partial charge in [-0.15, -0.1) is 0 Å². The van der Waals surface area contributed by atoms with Crippen LogP contribution in [0.2, 0.25) is 5.02 Å². The van der Waals surface area contributed by atoms with E-state index in [9.17, 15) is 4.79 Å². The van der Waals surface area contributed by atoms with Gasteiger partial charge in [-0.05, 0) is 75.7 Å². The molecule has 1 atom stereocenters. The Labute approximate surface area is 189 Å². The third kappa shape index (κ3) is 5.34. The van der Waals surface area contributed by atoms with Gasteiger partial charge in [0.15, 0.2) is 0 Å². The molecule has 2 aliphatic rings. The summed E-state index contributed by atoms with van der Waals surface area (Å²) in [6, 6.07) is 13.7. The Morgan fingerprint density at radius 1 is 1.19 bits per heavy atom. The van der Waals surface area contributed by atoms with Crippen molar-refractivity contribution in [2.45, 2.75) is 51.3 Å². The first-order valence-electron chi connectivity index (χ1n) is 11.0. The molecule has 2 aliphatic heterocycles. The number of hydrogen-bond donors (Lipinski definition) is 1. The van der Waals surface area contributed by atoms with Crippen LogP contribution in [0.15, 0.2) is 42.5 Å². The molecule has 6 heteroatoms. The van der Waals surface area contributed by atoms with E-state index < -0.39 is 0 Å². The summed E-state index contributed by atoms with van der Waals surface area (Å²) in [7, 11) is 1.65. The molecule has 1 unspecified atom stereocenters. The number of hydrogen-bond acceptors (Lipinski definition) is 4. The van der Waals surface area contributed by atoms with Crippen molar-refractivity contribution in [2.75, 3.05) is 20.2 Å². The van der Waals surface area contributed by atoms with Crippen LogP contribution in [0, 0.1) is 5.92 Å². The van der Waals surface area contributed by atoms with Gasteiger partial charge in [0, 0.05) is 29.5 Å². The van der Waals surface area contributed by atoms with Gasteiger partial charge in [-0.1, -0.05) is 23.7 Å². The van der Waals surface area contributed by atoms with E-state index in [1.54, 1.807) is 7.11 Å². The SMILES string of the molecule is COc1ccc2c(c1)C(NC(=O)C1CCN(Cc3ccc(Cl)cc3)CC1)CC(C)(C)O2. The Balaban J connectivity index is 1.37. The van der Waals surface area contributed by atoms with Gasteiger partial charge in [0.05, 0.1) is 13.2 Å². The number of likely N-dealkylation sites (tertiary alicyclic amines) is 1. The van der Waals surface area contributed by atoms with Crippen molar-refractivity contribution >= 4 is 17.5 Å². The van der Waals surface area contributed by atoms with E-state index in [2.05, 4.69) is 36.2 Å². The van der Waals surface area contributed by atoms with Crippen LogP contribution in [-0.4, -0.2) is 36.6 Å². The molecule has 0 radical (unpaired) electrons. The monoisotopic (exact) mass is 442 g/mol. The zero-order chi connectivity index (χ0) is 22.0. The molecule has 0 saturated carbocycles. The van der Waals surface area contributed by atoms with Gasteiger partial charge < -0.3 is 14.8 Å². The summed E-state index contributed by atoms with van der Waals surface area (Å²) in [5, 5.41) is 4.07. The van der Waals surface area contributed by atoms with Crippen molar-refractivity contribution < 1.29 is 14.3 Å². The van der Waals surface area contributed by atoms with Crippen LogP contribution >= 0.6 is 11.6 Å². The second-order valence-corrected chi connectivity index (χ2v) is 9.64. The molecule has 2 heterocycles. The average Bonchev–Trinajstić information content (AvgIpc) is 2.75. The van der Waals surface area contributed by atoms with Crippen molar-refractivity contribution in [3.8, 4) is 11.5 Å². The predicted molar refractivity (Wildman–Crippen MR) is 123 cm³/mol. The molecule has 5 nitrogen and oxygen atoms in total. The lowest BCUT2D eigenvalue weighted by Crippen LogP contribution is -2.45. The van der Waals surface area contributed by atoms with E-state index in [-0.39, 0.29) is 23.5 Å². The number of ether oxygens (including phenoxy) is 2. The first kappa shape index (κ1) is 22.0. The number of nitrogens with zero attached hydrogens (tertiary/aromatic N) is 1. The van der Waals surface area contributed by atoms with Gasteiger partial charge in [-0.25, -0.2) is 0 Å². The van der Waals surface area contributed by atoms with E-state index >= 15 is 0 Å². The summed E-state index contributed by atoms with van der Waals surface area (Å²) in [6.07, 6.45) is 2.47. The number of carbonyl (C=O) groups excluding carboxylic acids is 1. The molecule has 2 aromatic carbocycles. The quantitative estimate of drug-likeness (QED) is 0.709. The fraction of sp³-hybridized carbons (Fsp3) is 0.480. The first-order valence-corrected chi connectivity index (χ1v) is 11.3. The van der Waals surface area contributed by atoms with E-state index in [1.807, 2.05) is 30.3 Å². The Bertz CT molecular complexity index is 921. The average molecular weight is 443 g/mol. The molecule has 0 spiro atoms. The van der Waals surface area contributed by atoms with Gasteiger partial charge >= 0.3 is 0 Å². The van der Waals surface area contributed by atoms with Crippen molar-refractivity contribution in [3.63, 3.8) is 0 Å². The lowest BCUT2D eigenvalue weighted by atomic mass is 9.88. The summed E-state index contributed by atoms with van der Waals surface area (Å²) in [4.78, 5) is 15.5. The summed E-state index contributed by atoms with van der Waals surface area (Å²) >= 11 is 5.98. The highest BCUT2D eigenvalue weighted by Crippen LogP contribution is 2.41. The fourth-order valence-electron chi connectivity index (χ4n) is 4.58. The minimum absolute atomic E-state index is 0.0430. The first-order chi connectivity index (χ1) is 14.8. The van der Waals surface area contributed by atoms with Crippen LogP contribution in [0.25, 0.3) is 0 Å². The Hall–Kier alpha value is -2.24. The number of methoxy groups -OCH3 is 1. The topological polar surface area (TPSA) is 50.8 Å². The molecule has 0 bridgehead atoms. The van der Waals surface area contributed by atoms with Crippen LogP contribution in [-0.2, 0) is 11.3 Å². The van der Waals surface area contributed by atoms with Crippen molar-refractivity contribution in [1.82, 2.24) is 10.2 Å². The van der Waals surface area contributed by atoms with Crippen LogP contribution in [0.5, 0.6) is 11.5 Å². The summed E-state index contributed by atoms with van der Waals surface area (Å²) in [5.74, 6) is 1.78. The van der Waals surface area contributed by atoms with Gasteiger partial charge in [0.1, 0.15) is 17.1 Å². The Morgan fingerprint density at radius 3 is 2.58 bits per heavy atom. The molecule has 1 fully saturated rings. The number of halogens is 1. The standard InChI is InChI=1S/C25H31ClN2O3/c1-25(2)15-22(21-14-20(30-3)8-9-23(21)31-25)27-24(29)18-10-12-28(13-11-18)16-17-4-6-19(26)7-5-17/h4-9,14,18,22H,10-13,15-16H2,1-3H3,(H,27,29). The molecular formula is C25H31ClN2O3. The Kier molecular flexibility index (Phi) is 6.44. The second-order valence-electron chi connectivity index (χ2n) is 9.21. The van der Waals surface area contributed by atoms with E-state index in [4.69, 9.17) is 21.1 Å². The van der Waals surface area contributed by atoms with E-state index in [0.717, 1.165) is 61.0 Å². The number of nitrogens with one attached hydrogen (secondary N) is 1. The molecule has 0 aromatic heterocycles. The molecule has 1 amide bonds. The number of fused-ring (bicyclic) bond motifs is 1. The van der Waals surface area contributed by atoms with E-state index in [0.29, 0.717) is 0 Å². The van der Waals surface area contributed by atoms with Crippen LogP contribution in [0.3, 0.4) is 0 Å². The second kappa shape index (κ2) is 9.09. The van der Waals surface area contributed by atoms with Crippen molar-refractivity contribution in [3.05, 3.63) is 58.6 Å². The van der Waals surface area contributed by atoms with Gasteiger partial charge in [0.2, 0.25) is 5.91 Å². The fourth-order valence-corrected chi connectivity index (χ4v) is 4.71. The number of rotatable bonds is 5. The lowest BCUT2D eigenvalue weighted by molar-refractivity contribution is -0.127. The van der Waals surface area contributed by atoms with Gasteiger partial charge in [-0.2, -0.15) is 0 Å². The molecule has 1 saturated heterocycles. The highest BCUT2D eigenvalue weighted by Gasteiger charge is 2.36. The third-order valence-corrected chi connectivity index (χ3v) is 6.52. The van der Waals surface area contributed by atoms with Crippen LogP contribution in [0.1, 0.15) is 50.3 Å². The predicted octanol–water partition coefficient (Wildman–Crippen LogP) is 4.98. The maximum absolute atomic E-state index is 13.1. The maximum Gasteiger partial charge on any atom is 0.223 e. The molecular weight excluding hydrogens is 412 g/mol. The lowest BCUT2D eigenvalue weighted by Gasteiger charge is -2.39. The highest BCUT2D eigenvalue weighted by atomic mass is 35.5. The summed E-state index contributed by atoms with van der Waals surface area (Å²) in [5.41, 5.74) is 1.91. The smallest absolute Gasteiger partial charge is 0.223 e. The van der Waals surface area contributed by atoms with Crippen molar-refractivity contribution in [2.24, 2.45) is 5.92 Å². The van der Waals surface area contributed by atoms with E-state index in [1.165, 1.54) is 5.56 Å². The number of piperidine rings is 1. The normalized spacial score (nSPS) is 21.1. The van der Waals surface area contributed by atoms with Crippen molar-refractivity contribution in [1.29, 1.82) is 0 Å². The molecule has 4 rings (SSSR count). The highest BCUT2D eigenvalue weighted by molar-refractivity contribution is 6.30. The third-order valence-electron chi connectivity index (χ3n) is 6.27. The van der Waals surface area contributed by atoms with Crippen LogP contribution < -0.4 is 14.8 Å². The largest absolute Gasteiger partial charge is 0.497 e. The minimum atomic E-state index is -0.332. The number of amides is 1. The molecule has 166 valence electrons. The number of benzene rings is 2. The molecule has 1 N–H and O–H groups in total. The number of carbonyl (C=O) groups is 1. The summed E-state index contributed by atoms with van der Waals surface area (Å²) < 4.78 is 11.5. The molecule has 31 heavy (non-hydrogen) atoms. The molecule has 0 aliphatic carbocycles. The zero-order valence-electron chi connectivity index (χ0n) is 18.5. The Morgan fingerprint density at radius 2 is 1.90 bits per heavy atom. The summed E-state index contributed by atoms with van der Waals surface area (Å²) in [6.45, 7) is 6.87. The van der Waals surface area contributed by atoms with Gasteiger partial charge in [0.25, 0.3) is 0 Å². The van der Waals surface area contributed by atoms with Crippen LogP contribution in [0.4, 0.5) is 0 Å². The van der Waals surface area contributed by atoms with Gasteiger partial charge in [-0.3, -0.25) is 9.69 Å².